The van der Waals surface area contributed by atoms with Gasteiger partial charge < -0.3 is 14.9 Å². The van der Waals surface area contributed by atoms with Crippen LogP contribution in [0.2, 0.25) is 0 Å². The summed E-state index contributed by atoms with van der Waals surface area (Å²) < 4.78 is 17.9. The summed E-state index contributed by atoms with van der Waals surface area (Å²) in [6.07, 6.45) is -3.25. The molecule has 0 radical (unpaired) electrons. The Morgan fingerprint density at radius 3 is 2.74 bits per heavy atom. The molecule has 0 fully saturated rings. The van der Waals surface area contributed by atoms with Crippen LogP contribution in [0.4, 0.5) is 4.39 Å². The van der Waals surface area contributed by atoms with E-state index in [4.69, 9.17) is 5.26 Å². The second kappa shape index (κ2) is 6.83. The average Bonchev–Trinajstić information content (AvgIpc) is 2.40. The quantitative estimate of drug-likeness (QED) is 0.772. The number of ether oxygens (including phenoxy) is 1. The standard InChI is InChI=1S/C13H14FNO4/c1-19-12(17)7-11(16)13(18)9-3-2-8(4-5-15)10(14)6-9/h2-3,6,11,13,16,18H,4,7H2,1H3. The van der Waals surface area contributed by atoms with Crippen LogP contribution in [0, 0.1) is 17.1 Å². The molecule has 0 heterocycles. The predicted molar refractivity (Wildman–Crippen MR) is 63.3 cm³/mol. The van der Waals surface area contributed by atoms with E-state index in [2.05, 4.69) is 4.74 Å². The molecule has 0 saturated heterocycles. The number of rotatable bonds is 5. The average molecular weight is 267 g/mol. The first-order valence-electron chi connectivity index (χ1n) is 5.57. The molecule has 2 N–H and O–H groups in total. The van der Waals surface area contributed by atoms with Crippen LogP contribution in [0.5, 0.6) is 0 Å². The highest BCUT2D eigenvalue weighted by atomic mass is 19.1. The molecular formula is C13H14FNO4. The second-order valence-electron chi connectivity index (χ2n) is 3.98. The van der Waals surface area contributed by atoms with Gasteiger partial charge in [0, 0.05) is 5.56 Å². The van der Waals surface area contributed by atoms with Gasteiger partial charge in [0.15, 0.2) is 0 Å². The molecule has 0 aliphatic heterocycles. The molecular weight excluding hydrogens is 253 g/mol. The van der Waals surface area contributed by atoms with Crippen LogP contribution in [0.3, 0.4) is 0 Å². The summed E-state index contributed by atoms with van der Waals surface area (Å²) in [5.41, 5.74) is 0.344. The van der Waals surface area contributed by atoms with Crippen molar-refractivity contribution >= 4 is 5.97 Å². The zero-order chi connectivity index (χ0) is 14.4. The lowest BCUT2D eigenvalue weighted by Crippen LogP contribution is -2.22. The van der Waals surface area contributed by atoms with Crippen molar-refractivity contribution in [3.8, 4) is 6.07 Å². The van der Waals surface area contributed by atoms with E-state index in [1.807, 2.05) is 6.07 Å². The molecule has 0 aromatic heterocycles. The maximum atomic E-state index is 13.6. The molecule has 0 bridgehead atoms. The van der Waals surface area contributed by atoms with Crippen molar-refractivity contribution in [2.75, 3.05) is 7.11 Å². The van der Waals surface area contributed by atoms with Gasteiger partial charge in [-0.25, -0.2) is 4.39 Å². The van der Waals surface area contributed by atoms with Gasteiger partial charge in [-0.1, -0.05) is 12.1 Å². The zero-order valence-electron chi connectivity index (χ0n) is 10.3. The third-order valence-corrected chi connectivity index (χ3v) is 2.66. The number of aliphatic hydroxyl groups excluding tert-OH is 2. The van der Waals surface area contributed by atoms with Gasteiger partial charge in [-0.2, -0.15) is 5.26 Å². The number of benzene rings is 1. The predicted octanol–water partition coefficient (Wildman–Crippen LogP) is 0.849. The molecule has 1 aromatic rings. The minimum Gasteiger partial charge on any atom is -0.469 e. The lowest BCUT2D eigenvalue weighted by molar-refractivity contribution is -0.144. The van der Waals surface area contributed by atoms with E-state index in [1.54, 1.807) is 0 Å². The van der Waals surface area contributed by atoms with Gasteiger partial charge in [0.2, 0.25) is 0 Å². The number of nitriles is 1. The topological polar surface area (TPSA) is 90.6 Å². The lowest BCUT2D eigenvalue weighted by atomic mass is 10.00. The highest BCUT2D eigenvalue weighted by molar-refractivity contribution is 5.69. The Labute approximate surface area is 109 Å². The van der Waals surface area contributed by atoms with E-state index < -0.39 is 24.0 Å². The van der Waals surface area contributed by atoms with Crippen LogP contribution in [0.1, 0.15) is 23.7 Å². The Balaban J connectivity index is 2.82. The first-order valence-corrected chi connectivity index (χ1v) is 5.57. The Hall–Kier alpha value is -1.97. The maximum Gasteiger partial charge on any atom is 0.308 e. The lowest BCUT2D eigenvalue weighted by Gasteiger charge is -2.17. The summed E-state index contributed by atoms with van der Waals surface area (Å²) in [4.78, 5) is 11.0. The van der Waals surface area contributed by atoms with E-state index in [1.165, 1.54) is 12.1 Å². The fourth-order valence-electron chi connectivity index (χ4n) is 1.56. The number of carbonyl (C=O) groups is 1. The largest absolute Gasteiger partial charge is 0.469 e. The summed E-state index contributed by atoms with van der Waals surface area (Å²) in [6, 6.07) is 5.62. The Morgan fingerprint density at radius 2 is 2.21 bits per heavy atom. The minimum absolute atomic E-state index is 0.0765. The number of nitrogens with zero attached hydrogens (tertiary/aromatic N) is 1. The highest BCUT2D eigenvalue weighted by Crippen LogP contribution is 2.22. The van der Waals surface area contributed by atoms with Crippen LogP contribution in [0.25, 0.3) is 0 Å². The molecule has 1 aromatic carbocycles. The summed E-state index contributed by atoms with van der Waals surface area (Å²) in [7, 11) is 1.16. The van der Waals surface area contributed by atoms with E-state index in [9.17, 15) is 19.4 Å². The van der Waals surface area contributed by atoms with E-state index in [-0.39, 0.29) is 24.0 Å². The summed E-state index contributed by atoms with van der Waals surface area (Å²) in [5.74, 6) is -1.31. The molecule has 1 rings (SSSR count). The van der Waals surface area contributed by atoms with Crippen LogP contribution in [-0.2, 0) is 16.0 Å². The van der Waals surface area contributed by atoms with Crippen LogP contribution in [-0.4, -0.2) is 29.4 Å². The van der Waals surface area contributed by atoms with Gasteiger partial charge in [-0.15, -0.1) is 0 Å². The number of halogens is 1. The van der Waals surface area contributed by atoms with E-state index >= 15 is 0 Å². The van der Waals surface area contributed by atoms with Crippen molar-refractivity contribution in [2.45, 2.75) is 25.0 Å². The van der Waals surface area contributed by atoms with Crippen molar-refractivity contribution in [1.82, 2.24) is 0 Å². The fraction of sp³-hybridized carbons (Fsp3) is 0.385. The van der Waals surface area contributed by atoms with Crippen molar-refractivity contribution in [1.29, 1.82) is 5.26 Å². The SMILES string of the molecule is COC(=O)CC(O)C(O)c1ccc(CC#N)c(F)c1. The van der Waals surface area contributed by atoms with Crippen LogP contribution < -0.4 is 0 Å². The minimum atomic E-state index is -1.40. The molecule has 19 heavy (non-hydrogen) atoms. The van der Waals surface area contributed by atoms with Gasteiger partial charge in [-0.05, 0) is 11.6 Å². The molecule has 2 atom stereocenters. The van der Waals surface area contributed by atoms with E-state index in [0.717, 1.165) is 13.2 Å². The molecule has 0 aliphatic carbocycles. The summed E-state index contributed by atoms with van der Waals surface area (Å²) >= 11 is 0. The molecule has 2 unspecified atom stereocenters. The first-order chi connectivity index (χ1) is 8.99. The van der Waals surface area contributed by atoms with Crippen molar-refractivity contribution in [3.05, 3.63) is 35.1 Å². The number of aliphatic hydroxyl groups is 2. The second-order valence-corrected chi connectivity index (χ2v) is 3.98. The fourth-order valence-corrected chi connectivity index (χ4v) is 1.56. The van der Waals surface area contributed by atoms with Gasteiger partial charge in [0.05, 0.1) is 32.1 Å². The highest BCUT2D eigenvalue weighted by Gasteiger charge is 2.22. The third kappa shape index (κ3) is 4.02. The molecule has 0 spiro atoms. The summed E-state index contributed by atoms with van der Waals surface area (Å²) in [5, 5.41) is 27.9. The zero-order valence-corrected chi connectivity index (χ0v) is 10.3. The first kappa shape index (κ1) is 15.1. The number of hydrogen-bond donors (Lipinski definition) is 2. The van der Waals surface area contributed by atoms with Crippen LogP contribution in [0.15, 0.2) is 18.2 Å². The molecule has 5 nitrogen and oxygen atoms in total. The third-order valence-electron chi connectivity index (χ3n) is 2.66. The van der Waals surface area contributed by atoms with Crippen molar-refractivity contribution in [3.63, 3.8) is 0 Å². The van der Waals surface area contributed by atoms with Crippen molar-refractivity contribution in [2.24, 2.45) is 0 Å². The van der Waals surface area contributed by atoms with Gasteiger partial charge in [-0.3, -0.25) is 4.79 Å². The Kier molecular flexibility index (Phi) is 5.42. The molecule has 102 valence electrons. The van der Waals surface area contributed by atoms with Crippen LogP contribution >= 0.6 is 0 Å². The Bertz CT molecular complexity index is 498. The monoisotopic (exact) mass is 267 g/mol. The summed E-state index contributed by atoms with van der Waals surface area (Å²) in [6.45, 7) is 0. The number of hydrogen-bond acceptors (Lipinski definition) is 5. The smallest absolute Gasteiger partial charge is 0.308 e. The van der Waals surface area contributed by atoms with Gasteiger partial charge in [0.25, 0.3) is 0 Å². The molecule has 6 heteroatoms. The Morgan fingerprint density at radius 1 is 1.53 bits per heavy atom. The number of carbonyl (C=O) groups excluding carboxylic acids is 1. The molecule has 0 amide bonds. The molecule has 0 saturated carbocycles. The van der Waals surface area contributed by atoms with E-state index in [0.29, 0.717) is 0 Å². The van der Waals surface area contributed by atoms with Gasteiger partial charge in [0.1, 0.15) is 11.9 Å². The van der Waals surface area contributed by atoms with Gasteiger partial charge >= 0.3 is 5.97 Å². The normalized spacial score (nSPS) is 13.4. The molecule has 0 aliphatic rings. The number of methoxy groups -OCH3 is 1. The number of esters is 1. The van der Waals surface area contributed by atoms with Crippen molar-refractivity contribution < 1.29 is 24.1 Å². The maximum absolute atomic E-state index is 13.6.